The standard InChI is InChI=1S/C21H23N3O3/c1-15(25)23-18-7-9-19(10-8-18)24-14-17(13-20(24)26)21(27)22-12-11-16-5-3-2-4-6-16/h2-10,17H,11-14H2,1H3,(H,22,27)(H,23,25). The van der Waals surface area contributed by atoms with Crippen molar-refractivity contribution in [3.8, 4) is 0 Å². The molecule has 6 nitrogen and oxygen atoms in total. The minimum atomic E-state index is -0.344. The van der Waals surface area contributed by atoms with E-state index in [-0.39, 0.29) is 30.1 Å². The van der Waals surface area contributed by atoms with Gasteiger partial charge >= 0.3 is 0 Å². The Balaban J connectivity index is 1.53. The molecule has 2 N–H and O–H groups in total. The van der Waals surface area contributed by atoms with Crippen LogP contribution < -0.4 is 15.5 Å². The smallest absolute Gasteiger partial charge is 0.227 e. The van der Waals surface area contributed by atoms with Crippen molar-refractivity contribution in [2.75, 3.05) is 23.3 Å². The Morgan fingerprint density at radius 3 is 2.44 bits per heavy atom. The van der Waals surface area contributed by atoms with Crippen molar-refractivity contribution in [1.29, 1.82) is 0 Å². The lowest BCUT2D eigenvalue weighted by atomic mass is 10.1. The lowest BCUT2D eigenvalue weighted by Gasteiger charge is -2.17. The number of rotatable bonds is 6. The molecule has 1 saturated heterocycles. The minimum absolute atomic E-state index is 0.0644. The number of benzene rings is 2. The highest BCUT2D eigenvalue weighted by molar-refractivity contribution is 6.00. The number of amides is 3. The third kappa shape index (κ3) is 4.94. The molecule has 1 unspecified atom stereocenters. The largest absolute Gasteiger partial charge is 0.355 e. The molecule has 6 heteroatoms. The van der Waals surface area contributed by atoms with E-state index in [1.54, 1.807) is 29.2 Å². The van der Waals surface area contributed by atoms with Crippen LogP contribution >= 0.6 is 0 Å². The quantitative estimate of drug-likeness (QED) is 0.825. The van der Waals surface area contributed by atoms with Gasteiger partial charge in [0.2, 0.25) is 17.7 Å². The van der Waals surface area contributed by atoms with E-state index in [4.69, 9.17) is 0 Å². The molecule has 3 rings (SSSR count). The van der Waals surface area contributed by atoms with E-state index in [2.05, 4.69) is 10.6 Å². The molecule has 0 radical (unpaired) electrons. The fourth-order valence-corrected chi connectivity index (χ4v) is 3.18. The highest BCUT2D eigenvalue weighted by Crippen LogP contribution is 2.26. The monoisotopic (exact) mass is 365 g/mol. The predicted octanol–water partition coefficient (Wildman–Crippen LogP) is 2.36. The van der Waals surface area contributed by atoms with Crippen LogP contribution in [0.3, 0.4) is 0 Å². The highest BCUT2D eigenvalue weighted by Gasteiger charge is 2.34. The second kappa shape index (κ2) is 8.49. The molecule has 140 valence electrons. The number of nitrogens with one attached hydrogen (secondary N) is 2. The molecule has 0 aromatic heterocycles. The first-order valence-corrected chi connectivity index (χ1v) is 9.02. The third-order valence-corrected chi connectivity index (χ3v) is 4.55. The van der Waals surface area contributed by atoms with Gasteiger partial charge in [-0.15, -0.1) is 0 Å². The molecule has 0 saturated carbocycles. The summed E-state index contributed by atoms with van der Waals surface area (Å²) in [5, 5.41) is 5.62. The summed E-state index contributed by atoms with van der Waals surface area (Å²) in [6.07, 6.45) is 0.978. The van der Waals surface area contributed by atoms with E-state index >= 15 is 0 Å². The van der Waals surface area contributed by atoms with Crippen LogP contribution in [0.1, 0.15) is 18.9 Å². The molecule has 1 atom stereocenters. The summed E-state index contributed by atoms with van der Waals surface area (Å²) in [6, 6.07) is 17.0. The molecule has 1 heterocycles. The number of carbonyl (C=O) groups excluding carboxylic acids is 3. The van der Waals surface area contributed by atoms with Gasteiger partial charge < -0.3 is 15.5 Å². The van der Waals surface area contributed by atoms with Gasteiger partial charge in [-0.1, -0.05) is 30.3 Å². The molecule has 1 aliphatic rings. The Labute approximate surface area is 158 Å². The van der Waals surface area contributed by atoms with Crippen LogP contribution in [0.25, 0.3) is 0 Å². The average Bonchev–Trinajstić information content (AvgIpc) is 3.04. The van der Waals surface area contributed by atoms with Gasteiger partial charge in [0.15, 0.2) is 0 Å². The van der Waals surface area contributed by atoms with Crippen molar-refractivity contribution in [3.05, 3.63) is 60.2 Å². The van der Waals surface area contributed by atoms with E-state index in [9.17, 15) is 14.4 Å². The van der Waals surface area contributed by atoms with Crippen LogP contribution in [0, 0.1) is 5.92 Å². The number of hydrogen-bond donors (Lipinski definition) is 2. The molecule has 0 bridgehead atoms. The normalized spacial score (nSPS) is 16.3. The van der Waals surface area contributed by atoms with E-state index in [0.717, 1.165) is 12.1 Å². The first-order valence-electron chi connectivity index (χ1n) is 9.02. The highest BCUT2D eigenvalue weighted by atomic mass is 16.2. The summed E-state index contributed by atoms with van der Waals surface area (Å²) < 4.78 is 0. The molecule has 3 amide bonds. The minimum Gasteiger partial charge on any atom is -0.355 e. The summed E-state index contributed by atoms with van der Waals surface area (Å²) >= 11 is 0. The summed E-state index contributed by atoms with van der Waals surface area (Å²) in [7, 11) is 0. The van der Waals surface area contributed by atoms with E-state index < -0.39 is 0 Å². The van der Waals surface area contributed by atoms with Crippen molar-refractivity contribution >= 4 is 29.1 Å². The van der Waals surface area contributed by atoms with Gasteiger partial charge in [-0.05, 0) is 36.2 Å². The molecular weight excluding hydrogens is 342 g/mol. The van der Waals surface area contributed by atoms with Gasteiger partial charge in [-0.3, -0.25) is 14.4 Å². The maximum Gasteiger partial charge on any atom is 0.227 e. The van der Waals surface area contributed by atoms with Gasteiger partial charge in [-0.25, -0.2) is 0 Å². The summed E-state index contributed by atoms with van der Waals surface area (Å²) in [5.74, 6) is -0.641. The lowest BCUT2D eigenvalue weighted by Crippen LogP contribution is -2.34. The van der Waals surface area contributed by atoms with Gasteiger partial charge in [0, 0.05) is 37.8 Å². The predicted molar refractivity (Wildman–Crippen MR) is 104 cm³/mol. The molecule has 0 aliphatic carbocycles. The Bertz CT molecular complexity index is 818. The topological polar surface area (TPSA) is 78.5 Å². The Morgan fingerprint density at radius 2 is 1.78 bits per heavy atom. The summed E-state index contributed by atoms with van der Waals surface area (Å²) in [4.78, 5) is 37.4. The maximum atomic E-state index is 12.4. The molecule has 2 aromatic carbocycles. The van der Waals surface area contributed by atoms with Crippen LogP contribution in [0.15, 0.2) is 54.6 Å². The van der Waals surface area contributed by atoms with E-state index in [1.807, 2.05) is 30.3 Å². The van der Waals surface area contributed by atoms with Crippen LogP contribution in [0.5, 0.6) is 0 Å². The van der Waals surface area contributed by atoms with E-state index in [1.165, 1.54) is 12.5 Å². The summed E-state index contributed by atoms with van der Waals surface area (Å²) in [6.45, 7) is 2.37. The Hall–Kier alpha value is -3.15. The van der Waals surface area contributed by atoms with Crippen molar-refractivity contribution in [2.24, 2.45) is 5.92 Å². The van der Waals surface area contributed by atoms with Crippen molar-refractivity contribution in [1.82, 2.24) is 5.32 Å². The average molecular weight is 365 g/mol. The molecule has 2 aromatic rings. The van der Waals surface area contributed by atoms with Crippen LogP contribution in [-0.2, 0) is 20.8 Å². The van der Waals surface area contributed by atoms with Crippen molar-refractivity contribution in [2.45, 2.75) is 19.8 Å². The Kier molecular flexibility index (Phi) is 5.86. The van der Waals surface area contributed by atoms with Crippen LogP contribution in [-0.4, -0.2) is 30.8 Å². The van der Waals surface area contributed by atoms with Gasteiger partial charge in [0.25, 0.3) is 0 Å². The first kappa shape index (κ1) is 18.6. The second-order valence-corrected chi connectivity index (χ2v) is 6.66. The number of hydrogen-bond acceptors (Lipinski definition) is 3. The first-order chi connectivity index (χ1) is 13.0. The second-order valence-electron chi connectivity index (χ2n) is 6.66. The van der Waals surface area contributed by atoms with Gasteiger partial charge in [-0.2, -0.15) is 0 Å². The SMILES string of the molecule is CC(=O)Nc1ccc(N2CC(C(=O)NCCc3ccccc3)CC2=O)cc1. The molecule has 1 aliphatic heterocycles. The van der Waals surface area contributed by atoms with Crippen molar-refractivity contribution < 1.29 is 14.4 Å². The van der Waals surface area contributed by atoms with Crippen LogP contribution in [0.2, 0.25) is 0 Å². The molecule has 27 heavy (non-hydrogen) atoms. The van der Waals surface area contributed by atoms with Crippen LogP contribution in [0.4, 0.5) is 11.4 Å². The lowest BCUT2D eigenvalue weighted by molar-refractivity contribution is -0.126. The molecule has 0 spiro atoms. The van der Waals surface area contributed by atoms with Gasteiger partial charge in [0.1, 0.15) is 0 Å². The Morgan fingerprint density at radius 1 is 1.07 bits per heavy atom. The molecular formula is C21H23N3O3. The van der Waals surface area contributed by atoms with Gasteiger partial charge in [0.05, 0.1) is 5.92 Å². The zero-order valence-corrected chi connectivity index (χ0v) is 15.3. The molecule has 1 fully saturated rings. The third-order valence-electron chi connectivity index (χ3n) is 4.55. The summed E-state index contributed by atoms with van der Waals surface area (Å²) in [5.41, 5.74) is 2.57. The fourth-order valence-electron chi connectivity index (χ4n) is 3.18. The van der Waals surface area contributed by atoms with E-state index in [0.29, 0.717) is 18.8 Å². The zero-order chi connectivity index (χ0) is 19.2. The number of carbonyl (C=O) groups is 3. The fraction of sp³-hybridized carbons (Fsp3) is 0.286. The zero-order valence-electron chi connectivity index (χ0n) is 15.3. The van der Waals surface area contributed by atoms with Crippen molar-refractivity contribution in [3.63, 3.8) is 0 Å². The number of anilines is 2. The number of nitrogens with zero attached hydrogens (tertiary/aromatic N) is 1. The maximum absolute atomic E-state index is 12.4.